The second-order valence-electron chi connectivity index (χ2n) is 3.33. The Balaban J connectivity index is 3.34. The fourth-order valence-corrected chi connectivity index (χ4v) is 0.661. The summed E-state index contributed by atoms with van der Waals surface area (Å²) in [5.74, 6) is 0.193. The fourth-order valence-electron chi connectivity index (χ4n) is 0.661. The first-order chi connectivity index (χ1) is 5.45. The molecule has 0 aromatic carbocycles. The van der Waals surface area contributed by atoms with Crippen molar-refractivity contribution in [1.82, 2.24) is 5.32 Å². The van der Waals surface area contributed by atoms with Gasteiger partial charge in [-0.2, -0.15) is 0 Å². The van der Waals surface area contributed by atoms with Crippen molar-refractivity contribution in [2.24, 2.45) is 10.9 Å². The van der Waals surface area contributed by atoms with Crippen LogP contribution in [0.3, 0.4) is 0 Å². The molecule has 0 radical (unpaired) electrons. The predicted molar refractivity (Wildman–Crippen MR) is 47.2 cm³/mol. The summed E-state index contributed by atoms with van der Waals surface area (Å²) >= 11 is 0. The summed E-state index contributed by atoms with van der Waals surface area (Å²) in [5, 5.41) is 23.2. The monoisotopic (exact) mass is 175 g/mol. The molecular weight excluding hydrogens is 158 g/mol. The van der Waals surface area contributed by atoms with Crippen LogP contribution in [0.2, 0.25) is 0 Å². The largest absolute Gasteiger partial charge is 0.409 e. The minimum atomic E-state index is -0.717. The van der Waals surface area contributed by atoms with E-state index >= 15 is 0 Å². The Hall–Kier alpha value is -0.810. The van der Waals surface area contributed by atoms with Crippen LogP contribution in [0.1, 0.15) is 20.3 Å². The molecule has 0 fully saturated rings. The normalized spacial score (nSPS) is 13.4. The first-order valence-electron chi connectivity index (χ1n) is 3.85. The van der Waals surface area contributed by atoms with Crippen LogP contribution in [0.25, 0.3) is 0 Å². The van der Waals surface area contributed by atoms with Gasteiger partial charge >= 0.3 is 0 Å². The average molecular weight is 175 g/mol. The molecular formula is C7H17N3O2. The summed E-state index contributed by atoms with van der Waals surface area (Å²) in [7, 11) is 0. The van der Waals surface area contributed by atoms with Crippen LogP contribution in [0.15, 0.2) is 5.16 Å². The molecule has 72 valence electrons. The number of aliphatic hydroxyl groups is 1. The zero-order valence-corrected chi connectivity index (χ0v) is 7.54. The number of nitrogens with two attached hydrogens (primary N) is 1. The zero-order chi connectivity index (χ0) is 9.61. The van der Waals surface area contributed by atoms with Gasteiger partial charge < -0.3 is 21.4 Å². The smallest absolute Gasteiger partial charge is 0.140 e. The van der Waals surface area contributed by atoms with E-state index in [-0.39, 0.29) is 5.84 Å². The maximum atomic E-state index is 9.27. The van der Waals surface area contributed by atoms with Crippen molar-refractivity contribution in [1.29, 1.82) is 0 Å². The molecule has 0 unspecified atom stereocenters. The van der Waals surface area contributed by atoms with Gasteiger partial charge in [0.1, 0.15) is 5.84 Å². The first kappa shape index (κ1) is 11.2. The number of hydrogen-bond donors (Lipinski definition) is 4. The maximum absolute atomic E-state index is 9.27. The van der Waals surface area contributed by atoms with E-state index in [1.54, 1.807) is 13.8 Å². The fraction of sp³-hybridized carbons (Fsp3) is 0.857. The molecule has 0 spiro atoms. The quantitative estimate of drug-likeness (QED) is 0.149. The molecule has 0 aromatic heterocycles. The van der Waals surface area contributed by atoms with E-state index in [1.165, 1.54) is 0 Å². The highest BCUT2D eigenvalue weighted by Gasteiger charge is 2.10. The van der Waals surface area contributed by atoms with E-state index in [4.69, 9.17) is 10.9 Å². The third kappa shape index (κ3) is 7.30. The molecule has 0 rings (SSSR count). The Kier molecular flexibility index (Phi) is 4.61. The molecule has 0 saturated heterocycles. The van der Waals surface area contributed by atoms with E-state index in [9.17, 15) is 5.11 Å². The van der Waals surface area contributed by atoms with Gasteiger partial charge in [-0.1, -0.05) is 5.16 Å². The van der Waals surface area contributed by atoms with E-state index in [0.29, 0.717) is 19.5 Å². The summed E-state index contributed by atoms with van der Waals surface area (Å²) in [4.78, 5) is 0. The lowest BCUT2D eigenvalue weighted by Crippen LogP contribution is -2.36. The number of oxime groups is 1. The van der Waals surface area contributed by atoms with Gasteiger partial charge in [-0.3, -0.25) is 0 Å². The summed E-state index contributed by atoms with van der Waals surface area (Å²) < 4.78 is 0. The summed E-state index contributed by atoms with van der Waals surface area (Å²) in [5.41, 5.74) is 4.50. The standard InChI is InChI=1S/C7H17N3O2/c1-7(2,11)5-9-4-3-6(8)10-12/h9,11-12H,3-5H2,1-2H3,(H2,8,10). The van der Waals surface area contributed by atoms with E-state index < -0.39 is 5.60 Å². The van der Waals surface area contributed by atoms with Gasteiger partial charge in [0.15, 0.2) is 0 Å². The number of rotatable bonds is 5. The van der Waals surface area contributed by atoms with Crippen LogP contribution in [0.4, 0.5) is 0 Å². The second kappa shape index (κ2) is 4.95. The number of nitrogens with zero attached hydrogens (tertiary/aromatic N) is 1. The summed E-state index contributed by atoms with van der Waals surface area (Å²) in [6.45, 7) is 4.51. The van der Waals surface area contributed by atoms with Gasteiger partial charge in [-0.25, -0.2) is 0 Å². The topological polar surface area (TPSA) is 90.9 Å². The lowest BCUT2D eigenvalue weighted by Gasteiger charge is -2.17. The molecule has 0 saturated carbocycles. The third-order valence-corrected chi connectivity index (χ3v) is 1.24. The van der Waals surface area contributed by atoms with Gasteiger partial charge in [0.2, 0.25) is 0 Å². The van der Waals surface area contributed by atoms with Crippen LogP contribution in [-0.4, -0.2) is 34.8 Å². The van der Waals surface area contributed by atoms with Crippen molar-refractivity contribution in [2.45, 2.75) is 25.9 Å². The summed E-state index contributed by atoms with van der Waals surface area (Å²) in [6.07, 6.45) is 0.479. The highest BCUT2D eigenvalue weighted by molar-refractivity contribution is 5.79. The minimum Gasteiger partial charge on any atom is -0.409 e. The first-order valence-corrected chi connectivity index (χ1v) is 3.85. The van der Waals surface area contributed by atoms with Gasteiger partial charge in [0.25, 0.3) is 0 Å². The number of hydrogen-bond acceptors (Lipinski definition) is 4. The lowest BCUT2D eigenvalue weighted by atomic mass is 10.1. The Labute approximate surface area is 72.3 Å². The van der Waals surface area contributed by atoms with Gasteiger partial charge in [0, 0.05) is 19.5 Å². The van der Waals surface area contributed by atoms with Crippen LogP contribution in [-0.2, 0) is 0 Å². The van der Waals surface area contributed by atoms with Crippen LogP contribution >= 0.6 is 0 Å². The average Bonchev–Trinajstić information content (AvgIpc) is 1.96. The van der Waals surface area contributed by atoms with E-state index in [0.717, 1.165) is 0 Å². The van der Waals surface area contributed by atoms with Crippen LogP contribution in [0.5, 0.6) is 0 Å². The molecule has 0 amide bonds. The Morgan fingerprint density at radius 2 is 2.17 bits per heavy atom. The molecule has 12 heavy (non-hydrogen) atoms. The zero-order valence-electron chi connectivity index (χ0n) is 7.54. The molecule has 0 aromatic rings. The molecule has 0 aliphatic carbocycles. The number of amidine groups is 1. The molecule has 0 aliphatic heterocycles. The maximum Gasteiger partial charge on any atom is 0.140 e. The second-order valence-corrected chi connectivity index (χ2v) is 3.33. The van der Waals surface area contributed by atoms with Crippen molar-refractivity contribution in [3.8, 4) is 0 Å². The Morgan fingerprint density at radius 3 is 2.58 bits per heavy atom. The van der Waals surface area contributed by atoms with E-state index in [1.807, 2.05) is 0 Å². The lowest BCUT2D eigenvalue weighted by molar-refractivity contribution is 0.0802. The molecule has 5 N–H and O–H groups in total. The van der Waals surface area contributed by atoms with E-state index in [2.05, 4.69) is 10.5 Å². The molecule has 0 bridgehead atoms. The number of nitrogens with one attached hydrogen (secondary N) is 1. The van der Waals surface area contributed by atoms with Crippen molar-refractivity contribution < 1.29 is 10.3 Å². The molecule has 0 atom stereocenters. The van der Waals surface area contributed by atoms with Crippen molar-refractivity contribution in [3.05, 3.63) is 0 Å². The van der Waals surface area contributed by atoms with Crippen molar-refractivity contribution >= 4 is 5.84 Å². The van der Waals surface area contributed by atoms with Crippen LogP contribution in [0, 0.1) is 0 Å². The predicted octanol–water partition coefficient (Wildman–Crippen LogP) is -0.517. The Bertz CT molecular complexity index is 151. The molecule has 0 heterocycles. The van der Waals surface area contributed by atoms with Crippen LogP contribution < -0.4 is 11.1 Å². The Morgan fingerprint density at radius 1 is 1.58 bits per heavy atom. The summed E-state index contributed by atoms with van der Waals surface area (Å²) in [6, 6.07) is 0. The van der Waals surface area contributed by atoms with Crippen molar-refractivity contribution in [2.75, 3.05) is 13.1 Å². The molecule has 5 heteroatoms. The van der Waals surface area contributed by atoms with Gasteiger partial charge in [-0.15, -0.1) is 0 Å². The minimum absolute atomic E-state index is 0.193. The highest BCUT2D eigenvalue weighted by Crippen LogP contribution is 1.96. The van der Waals surface area contributed by atoms with Crippen molar-refractivity contribution in [3.63, 3.8) is 0 Å². The van der Waals surface area contributed by atoms with Gasteiger partial charge in [-0.05, 0) is 13.8 Å². The third-order valence-electron chi connectivity index (χ3n) is 1.24. The SMILES string of the molecule is CC(C)(O)CNCCC(N)=NO. The molecule has 0 aliphatic rings. The molecule has 5 nitrogen and oxygen atoms in total. The van der Waals surface area contributed by atoms with Gasteiger partial charge in [0.05, 0.1) is 5.60 Å². The highest BCUT2D eigenvalue weighted by atomic mass is 16.4.